The highest BCUT2D eigenvalue weighted by Crippen LogP contribution is 2.20. The van der Waals surface area contributed by atoms with Crippen molar-refractivity contribution in [1.82, 2.24) is 15.4 Å². The number of aryl methyl sites for hydroxylation is 1. The summed E-state index contributed by atoms with van der Waals surface area (Å²) in [6.07, 6.45) is 7.63. The number of carbonyl (C=O) groups is 1. The SMILES string of the molecule is CCc1cccc2c(C=NNC(=O)c3cccnc3)c[nH]c12. The zero-order valence-electron chi connectivity index (χ0n) is 12.2. The number of para-hydroxylation sites is 1. The van der Waals surface area contributed by atoms with Crippen molar-refractivity contribution in [2.45, 2.75) is 13.3 Å². The highest BCUT2D eigenvalue weighted by molar-refractivity contribution is 6.01. The molecule has 0 unspecified atom stereocenters. The van der Waals surface area contributed by atoms with E-state index in [-0.39, 0.29) is 5.91 Å². The lowest BCUT2D eigenvalue weighted by Gasteiger charge is -1.99. The van der Waals surface area contributed by atoms with Gasteiger partial charge in [-0.3, -0.25) is 9.78 Å². The molecule has 110 valence electrons. The number of nitrogens with one attached hydrogen (secondary N) is 2. The van der Waals surface area contributed by atoms with Gasteiger partial charge in [0.05, 0.1) is 11.8 Å². The molecular weight excluding hydrogens is 276 g/mol. The maximum atomic E-state index is 11.9. The largest absolute Gasteiger partial charge is 0.360 e. The van der Waals surface area contributed by atoms with Crippen LogP contribution in [0.2, 0.25) is 0 Å². The van der Waals surface area contributed by atoms with Crippen LogP contribution < -0.4 is 5.43 Å². The van der Waals surface area contributed by atoms with Gasteiger partial charge in [0.1, 0.15) is 0 Å². The van der Waals surface area contributed by atoms with Crippen molar-refractivity contribution in [3.05, 3.63) is 65.6 Å². The molecule has 1 amide bonds. The van der Waals surface area contributed by atoms with Gasteiger partial charge in [0.15, 0.2) is 0 Å². The van der Waals surface area contributed by atoms with E-state index in [9.17, 15) is 4.79 Å². The van der Waals surface area contributed by atoms with Gasteiger partial charge in [-0.2, -0.15) is 5.10 Å². The molecule has 0 saturated carbocycles. The summed E-state index contributed by atoms with van der Waals surface area (Å²) in [7, 11) is 0. The predicted octanol–water partition coefficient (Wildman–Crippen LogP) is 2.89. The maximum absolute atomic E-state index is 11.9. The van der Waals surface area contributed by atoms with Crippen LogP contribution in [0.25, 0.3) is 10.9 Å². The fourth-order valence-corrected chi connectivity index (χ4v) is 2.36. The topological polar surface area (TPSA) is 70.1 Å². The van der Waals surface area contributed by atoms with Crippen LogP contribution in [0.1, 0.15) is 28.4 Å². The molecule has 5 nitrogen and oxygen atoms in total. The zero-order valence-corrected chi connectivity index (χ0v) is 12.2. The molecule has 0 fully saturated rings. The first-order valence-electron chi connectivity index (χ1n) is 7.12. The monoisotopic (exact) mass is 292 g/mol. The maximum Gasteiger partial charge on any atom is 0.272 e. The minimum Gasteiger partial charge on any atom is -0.360 e. The normalized spacial score (nSPS) is 11.1. The average molecular weight is 292 g/mol. The predicted molar refractivity (Wildman–Crippen MR) is 87.0 cm³/mol. The van der Waals surface area contributed by atoms with E-state index in [4.69, 9.17) is 0 Å². The molecule has 1 aromatic carbocycles. The number of aromatic nitrogens is 2. The van der Waals surface area contributed by atoms with Crippen molar-refractivity contribution in [2.75, 3.05) is 0 Å². The Morgan fingerprint density at radius 3 is 3.05 bits per heavy atom. The van der Waals surface area contributed by atoms with E-state index in [0.29, 0.717) is 5.56 Å². The number of hydrogen-bond donors (Lipinski definition) is 2. The first kappa shape index (κ1) is 14.0. The Kier molecular flexibility index (Phi) is 3.96. The number of hydrazone groups is 1. The molecular formula is C17H16N4O. The Labute approximate surface area is 128 Å². The Balaban J connectivity index is 1.78. The summed E-state index contributed by atoms with van der Waals surface area (Å²) in [4.78, 5) is 19.0. The van der Waals surface area contributed by atoms with E-state index in [1.165, 1.54) is 11.8 Å². The third-order valence-electron chi connectivity index (χ3n) is 3.51. The number of pyridine rings is 1. The van der Waals surface area contributed by atoms with Gasteiger partial charge in [-0.1, -0.05) is 25.1 Å². The molecule has 2 N–H and O–H groups in total. The van der Waals surface area contributed by atoms with Crippen LogP contribution >= 0.6 is 0 Å². The quantitative estimate of drug-likeness (QED) is 0.573. The molecule has 0 aliphatic carbocycles. The van der Waals surface area contributed by atoms with Crippen LogP contribution in [-0.4, -0.2) is 22.1 Å². The molecule has 22 heavy (non-hydrogen) atoms. The molecule has 0 atom stereocenters. The summed E-state index contributed by atoms with van der Waals surface area (Å²) in [5.41, 5.74) is 6.30. The number of hydrogen-bond acceptors (Lipinski definition) is 3. The van der Waals surface area contributed by atoms with Crippen molar-refractivity contribution in [3.8, 4) is 0 Å². The highest BCUT2D eigenvalue weighted by atomic mass is 16.2. The number of fused-ring (bicyclic) bond motifs is 1. The lowest BCUT2D eigenvalue weighted by molar-refractivity contribution is 0.0955. The average Bonchev–Trinajstić information content (AvgIpc) is 2.99. The van der Waals surface area contributed by atoms with Gasteiger partial charge in [0.2, 0.25) is 0 Å². The van der Waals surface area contributed by atoms with Crippen LogP contribution in [-0.2, 0) is 6.42 Å². The number of aromatic amines is 1. The number of H-pyrrole nitrogens is 1. The van der Waals surface area contributed by atoms with Gasteiger partial charge in [0, 0.05) is 35.1 Å². The van der Waals surface area contributed by atoms with Gasteiger partial charge >= 0.3 is 0 Å². The van der Waals surface area contributed by atoms with Crippen molar-refractivity contribution >= 4 is 23.0 Å². The van der Waals surface area contributed by atoms with E-state index in [1.807, 2.05) is 18.3 Å². The summed E-state index contributed by atoms with van der Waals surface area (Å²) in [6.45, 7) is 2.12. The number of nitrogens with zero attached hydrogens (tertiary/aromatic N) is 2. The van der Waals surface area contributed by atoms with Crippen LogP contribution in [0.5, 0.6) is 0 Å². The van der Waals surface area contributed by atoms with Crippen molar-refractivity contribution in [3.63, 3.8) is 0 Å². The van der Waals surface area contributed by atoms with E-state index in [0.717, 1.165) is 22.9 Å². The summed E-state index contributed by atoms with van der Waals surface area (Å²) >= 11 is 0. The second-order valence-corrected chi connectivity index (χ2v) is 4.88. The molecule has 3 rings (SSSR count). The molecule has 0 radical (unpaired) electrons. The highest BCUT2D eigenvalue weighted by Gasteiger charge is 2.05. The van der Waals surface area contributed by atoms with Crippen molar-refractivity contribution in [2.24, 2.45) is 5.10 Å². The van der Waals surface area contributed by atoms with Gasteiger partial charge in [0.25, 0.3) is 5.91 Å². The fourth-order valence-electron chi connectivity index (χ4n) is 2.36. The van der Waals surface area contributed by atoms with Gasteiger partial charge in [-0.25, -0.2) is 5.43 Å². The number of amides is 1. The van der Waals surface area contributed by atoms with E-state index < -0.39 is 0 Å². The second-order valence-electron chi connectivity index (χ2n) is 4.88. The smallest absolute Gasteiger partial charge is 0.272 e. The van der Waals surface area contributed by atoms with Gasteiger partial charge in [-0.15, -0.1) is 0 Å². The molecule has 0 spiro atoms. The lowest BCUT2D eigenvalue weighted by Crippen LogP contribution is -2.17. The number of carbonyl (C=O) groups excluding carboxylic acids is 1. The van der Waals surface area contributed by atoms with E-state index in [1.54, 1.807) is 24.5 Å². The van der Waals surface area contributed by atoms with Crippen LogP contribution in [0.15, 0.2) is 54.0 Å². The van der Waals surface area contributed by atoms with E-state index in [2.05, 4.69) is 33.5 Å². The Morgan fingerprint density at radius 1 is 1.36 bits per heavy atom. The second kappa shape index (κ2) is 6.22. The minimum atomic E-state index is -0.279. The van der Waals surface area contributed by atoms with Gasteiger partial charge < -0.3 is 4.98 Å². The molecule has 5 heteroatoms. The lowest BCUT2D eigenvalue weighted by atomic mass is 10.1. The van der Waals surface area contributed by atoms with Crippen LogP contribution in [0, 0.1) is 0 Å². The zero-order chi connectivity index (χ0) is 15.4. The van der Waals surface area contributed by atoms with Crippen LogP contribution in [0.3, 0.4) is 0 Å². The van der Waals surface area contributed by atoms with Crippen molar-refractivity contribution in [1.29, 1.82) is 0 Å². The summed E-state index contributed by atoms with van der Waals surface area (Å²) < 4.78 is 0. The first-order chi connectivity index (χ1) is 10.8. The summed E-state index contributed by atoms with van der Waals surface area (Å²) in [5, 5.41) is 5.12. The minimum absolute atomic E-state index is 0.279. The molecule has 0 saturated heterocycles. The Hall–Kier alpha value is -2.95. The van der Waals surface area contributed by atoms with Gasteiger partial charge in [-0.05, 0) is 24.1 Å². The fraction of sp³-hybridized carbons (Fsp3) is 0.118. The Morgan fingerprint density at radius 2 is 2.27 bits per heavy atom. The molecule has 0 aliphatic heterocycles. The van der Waals surface area contributed by atoms with E-state index >= 15 is 0 Å². The summed E-state index contributed by atoms with van der Waals surface area (Å²) in [5.74, 6) is -0.279. The third-order valence-corrected chi connectivity index (χ3v) is 3.51. The Bertz CT molecular complexity index is 821. The first-order valence-corrected chi connectivity index (χ1v) is 7.12. The standard InChI is InChI=1S/C17H16N4O/c1-2-12-5-3-7-15-14(10-19-16(12)15)11-20-21-17(22)13-6-4-8-18-9-13/h3-11,19H,2H2,1H3,(H,21,22). The number of rotatable bonds is 4. The molecule has 2 heterocycles. The number of benzene rings is 1. The van der Waals surface area contributed by atoms with Crippen LogP contribution in [0.4, 0.5) is 0 Å². The summed E-state index contributed by atoms with van der Waals surface area (Å²) in [6, 6.07) is 9.57. The molecule has 0 aliphatic rings. The molecule has 3 aromatic rings. The molecule has 0 bridgehead atoms. The molecule has 2 aromatic heterocycles. The third kappa shape index (κ3) is 2.74. The van der Waals surface area contributed by atoms with Crippen molar-refractivity contribution < 1.29 is 4.79 Å².